The number of halogens is 3. The van der Waals surface area contributed by atoms with Gasteiger partial charge in [-0.05, 0) is 74.6 Å². The third kappa shape index (κ3) is 16.0. The molecule has 1 aromatic carbocycles. The van der Waals surface area contributed by atoms with Gasteiger partial charge in [-0.2, -0.15) is 0 Å². The highest BCUT2D eigenvalue weighted by atomic mass is 19.2. The van der Waals surface area contributed by atoms with Crippen molar-refractivity contribution < 1.29 is 106 Å². The van der Waals surface area contributed by atoms with Crippen LogP contribution in [0.2, 0.25) is 0 Å². The van der Waals surface area contributed by atoms with E-state index in [0.717, 1.165) is 49.4 Å². The molecule has 2 aromatic heterocycles. The Morgan fingerprint density at radius 3 is 2.20 bits per heavy atom. The molecule has 494 valence electrons. The lowest BCUT2D eigenvalue weighted by Gasteiger charge is -2.49. The standard InChI is InChI=1S/C60H84F3N7O19/c1-4-33-20-35(39(74)14-9-16-65-57(81)56(83-28-32-13-8-15-64-24-32)55-50(78)46(48(76)42(26-71)86-55)70-25-38(67-68-70)34-21-36(61)44(63)37(62)22-34)23-40(53(33)89-60-52(80)51(79)47(75)29(2)84-60)87-59-45(66-30(3)73)54(49(77)43(27-72)88-59)85-41(58(82)69-17-10-18-69)19-31-11-6-5-7-12-31/h8,13,15,21-22,24-25,29,31,33,35,40-43,45-56,59-60,71-72,75-80H,4-7,9-12,14,16-20,23,26-28H2,1-3H3,(H,65,81)(H,66,73)/t29-,33+,35?,40+,41-,42?,43-,45?,46+,47-,48-,49-,50?,51?,52-,53?,54?,55+,56-,59+,60?/m0/s1. The first-order valence-corrected chi connectivity index (χ1v) is 30.9. The molecule has 2 aliphatic carbocycles. The molecule has 21 atom stereocenters. The zero-order valence-electron chi connectivity index (χ0n) is 49.9. The van der Waals surface area contributed by atoms with Crippen molar-refractivity contribution >= 4 is 23.5 Å². The molecule has 8 unspecified atom stereocenters. The second-order valence-corrected chi connectivity index (χ2v) is 24.3. The summed E-state index contributed by atoms with van der Waals surface area (Å²) in [5.41, 5.74) is 0.0930. The number of carbonyl (C=O) groups excluding carboxylic acids is 4. The van der Waals surface area contributed by atoms with Crippen LogP contribution in [-0.4, -0.2) is 232 Å². The molecule has 9 rings (SSSR count). The molecule has 6 fully saturated rings. The summed E-state index contributed by atoms with van der Waals surface area (Å²) in [5, 5.41) is 102. The lowest BCUT2D eigenvalue weighted by atomic mass is 9.74. The van der Waals surface area contributed by atoms with Crippen molar-refractivity contribution in [2.24, 2.45) is 17.8 Å². The quantitative estimate of drug-likeness (QED) is 0.0405. The van der Waals surface area contributed by atoms with Crippen LogP contribution in [0.4, 0.5) is 13.2 Å². The fraction of sp³-hybridized carbons (Fsp3) is 0.717. The highest BCUT2D eigenvalue weighted by Crippen LogP contribution is 2.41. The van der Waals surface area contributed by atoms with Crippen molar-refractivity contribution in [3.8, 4) is 11.3 Å². The van der Waals surface area contributed by atoms with Crippen LogP contribution >= 0.6 is 0 Å². The lowest BCUT2D eigenvalue weighted by molar-refractivity contribution is -0.338. The first kappa shape index (κ1) is 68.2. The molecule has 0 radical (unpaired) electrons. The highest BCUT2D eigenvalue weighted by Gasteiger charge is 2.54. The minimum absolute atomic E-state index is 0.0451. The van der Waals surface area contributed by atoms with Gasteiger partial charge in [0.25, 0.3) is 11.8 Å². The number of hydrogen-bond donors (Lipinski definition) is 10. The van der Waals surface area contributed by atoms with Gasteiger partial charge < -0.3 is 89.5 Å². The van der Waals surface area contributed by atoms with Gasteiger partial charge in [-0.1, -0.05) is 56.7 Å². The molecule has 6 aliphatic rings. The number of benzene rings is 1. The highest BCUT2D eigenvalue weighted by molar-refractivity contribution is 5.83. The number of nitrogens with one attached hydrogen (secondary N) is 2. The van der Waals surface area contributed by atoms with Crippen molar-refractivity contribution in [1.29, 1.82) is 0 Å². The third-order valence-electron chi connectivity index (χ3n) is 18.2. The minimum atomic E-state index is -1.85. The Labute approximate surface area is 512 Å². The normalized spacial score (nSPS) is 34.3. The fourth-order valence-corrected chi connectivity index (χ4v) is 13.1. The average Bonchev–Trinajstić information content (AvgIpc) is 1.94. The molecule has 2 saturated carbocycles. The molecule has 4 saturated heterocycles. The summed E-state index contributed by atoms with van der Waals surface area (Å²) in [5.74, 6) is -7.84. The molecule has 0 spiro atoms. The van der Waals surface area contributed by atoms with E-state index < -0.39 is 171 Å². The summed E-state index contributed by atoms with van der Waals surface area (Å²) in [6.07, 6.45) is -14.3. The van der Waals surface area contributed by atoms with Gasteiger partial charge >= 0.3 is 0 Å². The Morgan fingerprint density at radius 1 is 0.831 bits per heavy atom. The van der Waals surface area contributed by atoms with Crippen LogP contribution in [0.15, 0.2) is 42.9 Å². The summed E-state index contributed by atoms with van der Waals surface area (Å²) in [6, 6.07) is 1.80. The summed E-state index contributed by atoms with van der Waals surface area (Å²) in [6.45, 7) is 3.67. The maximum atomic E-state index is 14.6. The van der Waals surface area contributed by atoms with Crippen molar-refractivity contribution in [2.45, 2.75) is 221 Å². The van der Waals surface area contributed by atoms with E-state index >= 15 is 0 Å². The Morgan fingerprint density at radius 2 is 1.55 bits per heavy atom. The second kappa shape index (κ2) is 30.9. The van der Waals surface area contributed by atoms with E-state index in [4.69, 9.17) is 33.2 Å². The van der Waals surface area contributed by atoms with Crippen LogP contribution < -0.4 is 10.6 Å². The van der Waals surface area contributed by atoms with Gasteiger partial charge in [0.15, 0.2) is 36.1 Å². The number of nitrogens with zero attached hydrogens (tertiary/aromatic N) is 5. The van der Waals surface area contributed by atoms with Crippen molar-refractivity contribution in [1.82, 2.24) is 35.5 Å². The summed E-state index contributed by atoms with van der Waals surface area (Å²) < 4.78 is 87.6. The predicted octanol–water partition coefficient (Wildman–Crippen LogP) is 0.404. The molecular formula is C60H84F3N7O19. The van der Waals surface area contributed by atoms with Crippen LogP contribution in [0, 0.1) is 35.2 Å². The van der Waals surface area contributed by atoms with Gasteiger partial charge in [0.2, 0.25) is 5.91 Å². The molecule has 4 aliphatic heterocycles. The van der Waals surface area contributed by atoms with Crippen LogP contribution in [0.25, 0.3) is 11.3 Å². The number of Topliss-reactive ketones (excluding diaryl/α,β-unsaturated/α-hetero) is 1. The van der Waals surface area contributed by atoms with E-state index in [1.807, 2.05) is 6.92 Å². The summed E-state index contributed by atoms with van der Waals surface area (Å²) in [7, 11) is 0. The van der Waals surface area contributed by atoms with E-state index in [9.17, 15) is 73.2 Å². The number of ketones is 1. The topological polar surface area (TPSA) is 366 Å². The largest absolute Gasteiger partial charge is 0.394 e. The van der Waals surface area contributed by atoms with Gasteiger partial charge in [-0.3, -0.25) is 24.2 Å². The first-order valence-electron chi connectivity index (χ1n) is 30.9. The number of aliphatic hydroxyl groups is 8. The molecule has 3 amide bonds. The Bertz CT molecular complexity index is 2800. The number of amides is 3. The Balaban J connectivity index is 0.931. The number of aromatic nitrogens is 4. The van der Waals surface area contributed by atoms with Gasteiger partial charge in [-0.25, -0.2) is 17.9 Å². The molecule has 10 N–H and O–H groups in total. The number of ether oxygens (including phenoxy) is 7. The predicted molar refractivity (Wildman–Crippen MR) is 301 cm³/mol. The van der Waals surface area contributed by atoms with Crippen molar-refractivity contribution in [3.05, 3.63) is 65.9 Å². The van der Waals surface area contributed by atoms with Gasteiger partial charge in [-0.15, -0.1) is 5.10 Å². The zero-order valence-corrected chi connectivity index (χ0v) is 49.9. The van der Waals surface area contributed by atoms with Crippen molar-refractivity contribution in [3.63, 3.8) is 0 Å². The van der Waals surface area contributed by atoms with E-state index in [2.05, 4.69) is 25.9 Å². The van der Waals surface area contributed by atoms with E-state index in [1.165, 1.54) is 26.2 Å². The Hall–Kier alpha value is -5.22. The van der Waals surface area contributed by atoms with Gasteiger partial charge in [0, 0.05) is 56.9 Å². The number of carbonyl (C=O) groups is 4. The van der Waals surface area contributed by atoms with Gasteiger partial charge in [0.05, 0.1) is 44.3 Å². The number of likely N-dealkylation sites (tertiary alicyclic amines) is 1. The molecule has 29 heteroatoms. The van der Waals surface area contributed by atoms with Crippen LogP contribution in [0.5, 0.6) is 0 Å². The monoisotopic (exact) mass is 1260 g/mol. The van der Waals surface area contributed by atoms with Crippen LogP contribution in [-0.2, 0) is 58.9 Å². The molecule has 89 heavy (non-hydrogen) atoms. The van der Waals surface area contributed by atoms with E-state index in [1.54, 1.807) is 17.0 Å². The maximum Gasteiger partial charge on any atom is 0.251 e. The maximum absolute atomic E-state index is 14.6. The zero-order chi connectivity index (χ0) is 63.8. The van der Waals surface area contributed by atoms with Crippen LogP contribution in [0.3, 0.4) is 0 Å². The van der Waals surface area contributed by atoms with Gasteiger partial charge in [0.1, 0.15) is 90.7 Å². The second-order valence-electron chi connectivity index (χ2n) is 24.3. The van der Waals surface area contributed by atoms with E-state index in [-0.39, 0.29) is 67.7 Å². The average molecular weight is 1260 g/mol. The number of rotatable bonds is 25. The third-order valence-corrected chi connectivity index (χ3v) is 18.2. The van der Waals surface area contributed by atoms with Crippen molar-refractivity contribution in [2.75, 3.05) is 32.8 Å². The molecule has 3 aromatic rings. The number of hydrogen-bond acceptors (Lipinski definition) is 22. The molecule has 6 heterocycles. The minimum Gasteiger partial charge on any atom is -0.394 e. The lowest BCUT2D eigenvalue weighted by Crippen LogP contribution is -2.67. The van der Waals surface area contributed by atoms with Crippen LogP contribution in [0.1, 0.15) is 109 Å². The number of aliphatic hydroxyl groups excluding tert-OH is 8. The molecular weight excluding hydrogens is 1180 g/mol. The smallest absolute Gasteiger partial charge is 0.251 e. The Kier molecular flexibility index (Phi) is 23.7. The first-order chi connectivity index (χ1) is 42.7. The van der Waals surface area contributed by atoms with E-state index in [0.29, 0.717) is 43.6 Å². The SMILES string of the molecule is CC[C@@H]1CC(C(=O)CCCNC(=O)[C@@H](OCc2cccnc2)[C@@H]2OC(CO)[C@H](O)[C@@H](n3cc(-c4cc(F)c(F)c(F)c4)nn3)C2O)C[C@@H](O[C@@H]2O[C@@H](CO)[C@H](O)C(O[C@@H](CC3CCCCC3)C(=O)N3CCC3)C2NC(C)=O)C1OC1O[C@@H](C)[C@H](O)C(O)[C@@H]1O. The molecule has 26 nitrogen and oxygen atoms in total. The summed E-state index contributed by atoms with van der Waals surface area (Å²) >= 11 is 0. The number of pyridine rings is 1. The summed E-state index contributed by atoms with van der Waals surface area (Å²) in [4.78, 5) is 62.0. The fourth-order valence-electron chi connectivity index (χ4n) is 13.1. The molecule has 0 bridgehead atoms.